The molecule has 2 aromatic rings. The second-order valence-electron chi connectivity index (χ2n) is 3.91. The third kappa shape index (κ3) is 2.21. The van der Waals surface area contributed by atoms with Crippen molar-refractivity contribution in [2.45, 2.75) is 13.8 Å². The van der Waals surface area contributed by atoms with Crippen molar-refractivity contribution >= 4 is 5.69 Å². The highest BCUT2D eigenvalue weighted by atomic mass is 16.5. The SMILES string of the molecule is CCN(CC)c1ccc(-c2nocc2C#N)cc1. The standard InChI is InChI=1S/C14H15N3O/c1-3-17(4-2)13-7-5-11(6-8-13)14-12(9-15)10-18-16-14/h5-8,10H,3-4H2,1-2H3. The predicted octanol–water partition coefficient (Wildman–Crippen LogP) is 3.06. The van der Waals surface area contributed by atoms with Crippen molar-refractivity contribution in [3.8, 4) is 17.3 Å². The van der Waals surface area contributed by atoms with Crippen molar-refractivity contribution < 1.29 is 4.52 Å². The van der Waals surface area contributed by atoms with Crippen LogP contribution in [0.25, 0.3) is 11.3 Å². The van der Waals surface area contributed by atoms with Crippen LogP contribution in [0.4, 0.5) is 5.69 Å². The molecular formula is C14H15N3O. The van der Waals surface area contributed by atoms with Crippen LogP contribution in [-0.2, 0) is 0 Å². The fourth-order valence-electron chi connectivity index (χ4n) is 1.94. The molecule has 0 spiro atoms. The number of rotatable bonds is 4. The summed E-state index contributed by atoms with van der Waals surface area (Å²) in [5.41, 5.74) is 3.14. The van der Waals surface area contributed by atoms with Crippen LogP contribution in [0.5, 0.6) is 0 Å². The summed E-state index contributed by atoms with van der Waals surface area (Å²) in [4.78, 5) is 2.26. The Kier molecular flexibility index (Phi) is 3.63. The van der Waals surface area contributed by atoms with Crippen LogP contribution in [0.15, 0.2) is 35.1 Å². The number of hydrogen-bond donors (Lipinski definition) is 0. The lowest BCUT2D eigenvalue weighted by atomic mass is 10.1. The van der Waals surface area contributed by atoms with Gasteiger partial charge in [0, 0.05) is 24.3 Å². The summed E-state index contributed by atoms with van der Waals surface area (Å²) < 4.78 is 4.83. The first-order valence-corrected chi connectivity index (χ1v) is 6.00. The highest BCUT2D eigenvalue weighted by molar-refractivity contribution is 5.67. The molecule has 0 aliphatic carbocycles. The number of anilines is 1. The molecule has 0 saturated heterocycles. The van der Waals surface area contributed by atoms with Crippen LogP contribution in [0.3, 0.4) is 0 Å². The summed E-state index contributed by atoms with van der Waals surface area (Å²) in [7, 11) is 0. The monoisotopic (exact) mass is 241 g/mol. The number of aromatic nitrogens is 1. The molecular weight excluding hydrogens is 226 g/mol. The van der Waals surface area contributed by atoms with E-state index < -0.39 is 0 Å². The Morgan fingerprint density at radius 3 is 2.44 bits per heavy atom. The number of nitriles is 1. The van der Waals surface area contributed by atoms with Gasteiger partial charge in [-0.2, -0.15) is 5.26 Å². The van der Waals surface area contributed by atoms with Crippen LogP contribution < -0.4 is 4.90 Å². The van der Waals surface area contributed by atoms with E-state index in [1.54, 1.807) is 0 Å². The van der Waals surface area contributed by atoms with E-state index in [1.807, 2.05) is 24.3 Å². The fraction of sp³-hybridized carbons (Fsp3) is 0.286. The van der Waals surface area contributed by atoms with Crippen LogP contribution in [0, 0.1) is 11.3 Å². The minimum atomic E-state index is 0.464. The van der Waals surface area contributed by atoms with Gasteiger partial charge in [-0.15, -0.1) is 0 Å². The van der Waals surface area contributed by atoms with Crippen molar-refractivity contribution in [3.63, 3.8) is 0 Å². The molecule has 1 aromatic heterocycles. The molecule has 1 heterocycles. The molecule has 0 bridgehead atoms. The topological polar surface area (TPSA) is 53.1 Å². The third-order valence-corrected chi connectivity index (χ3v) is 2.96. The van der Waals surface area contributed by atoms with Crippen molar-refractivity contribution in [1.29, 1.82) is 5.26 Å². The lowest BCUT2D eigenvalue weighted by Gasteiger charge is -2.20. The van der Waals surface area contributed by atoms with Crippen LogP contribution in [0.1, 0.15) is 19.4 Å². The van der Waals surface area contributed by atoms with Crippen molar-refractivity contribution in [1.82, 2.24) is 5.16 Å². The maximum absolute atomic E-state index is 8.93. The molecule has 0 aliphatic heterocycles. The van der Waals surface area contributed by atoms with Gasteiger partial charge in [-0.1, -0.05) is 17.3 Å². The molecule has 0 fully saturated rings. The average Bonchev–Trinajstić information content (AvgIpc) is 2.89. The zero-order valence-electron chi connectivity index (χ0n) is 10.6. The lowest BCUT2D eigenvalue weighted by Crippen LogP contribution is -2.21. The number of nitrogens with zero attached hydrogens (tertiary/aromatic N) is 3. The minimum absolute atomic E-state index is 0.464. The van der Waals surface area contributed by atoms with Gasteiger partial charge in [-0.05, 0) is 26.0 Å². The van der Waals surface area contributed by atoms with Gasteiger partial charge in [0.15, 0.2) is 0 Å². The Labute approximate surface area is 106 Å². The number of hydrogen-bond acceptors (Lipinski definition) is 4. The van der Waals surface area contributed by atoms with Gasteiger partial charge in [-0.25, -0.2) is 0 Å². The molecule has 4 nitrogen and oxygen atoms in total. The van der Waals surface area contributed by atoms with Gasteiger partial charge in [0.05, 0.1) is 0 Å². The van der Waals surface area contributed by atoms with E-state index in [0.717, 1.165) is 18.7 Å². The first kappa shape index (κ1) is 12.2. The molecule has 0 N–H and O–H groups in total. The van der Waals surface area contributed by atoms with Gasteiger partial charge in [-0.3, -0.25) is 0 Å². The Hall–Kier alpha value is -2.28. The maximum Gasteiger partial charge on any atom is 0.142 e. The summed E-state index contributed by atoms with van der Waals surface area (Å²) in [5.74, 6) is 0. The van der Waals surface area contributed by atoms with E-state index >= 15 is 0 Å². The summed E-state index contributed by atoms with van der Waals surface area (Å²) in [6.45, 7) is 6.21. The van der Waals surface area contributed by atoms with E-state index in [1.165, 1.54) is 12.0 Å². The van der Waals surface area contributed by atoms with E-state index in [2.05, 4.69) is 30.0 Å². The Balaban J connectivity index is 2.31. The highest BCUT2D eigenvalue weighted by Gasteiger charge is 2.10. The average molecular weight is 241 g/mol. The third-order valence-electron chi connectivity index (χ3n) is 2.96. The van der Waals surface area contributed by atoms with Crippen molar-refractivity contribution in [3.05, 3.63) is 36.1 Å². The zero-order valence-corrected chi connectivity index (χ0v) is 10.6. The summed E-state index contributed by atoms with van der Waals surface area (Å²) in [6, 6.07) is 10.1. The summed E-state index contributed by atoms with van der Waals surface area (Å²) in [6.07, 6.45) is 1.37. The first-order valence-electron chi connectivity index (χ1n) is 6.00. The normalized spacial score (nSPS) is 10.1. The van der Waals surface area contributed by atoms with E-state index in [-0.39, 0.29) is 0 Å². The largest absolute Gasteiger partial charge is 0.372 e. The minimum Gasteiger partial charge on any atom is -0.372 e. The van der Waals surface area contributed by atoms with Gasteiger partial charge < -0.3 is 9.42 Å². The zero-order chi connectivity index (χ0) is 13.0. The second kappa shape index (κ2) is 5.37. The molecule has 1 aromatic carbocycles. The second-order valence-corrected chi connectivity index (χ2v) is 3.91. The fourth-order valence-corrected chi connectivity index (χ4v) is 1.94. The van der Waals surface area contributed by atoms with E-state index in [4.69, 9.17) is 9.78 Å². The molecule has 0 radical (unpaired) electrons. The van der Waals surface area contributed by atoms with Crippen LogP contribution in [0.2, 0.25) is 0 Å². The van der Waals surface area contributed by atoms with Gasteiger partial charge in [0.25, 0.3) is 0 Å². The molecule has 0 amide bonds. The van der Waals surface area contributed by atoms with Gasteiger partial charge >= 0.3 is 0 Å². The van der Waals surface area contributed by atoms with Crippen LogP contribution in [-0.4, -0.2) is 18.2 Å². The maximum atomic E-state index is 8.93. The van der Waals surface area contributed by atoms with Crippen molar-refractivity contribution in [2.24, 2.45) is 0 Å². The summed E-state index contributed by atoms with van der Waals surface area (Å²) >= 11 is 0. The van der Waals surface area contributed by atoms with Gasteiger partial charge in [0.1, 0.15) is 23.6 Å². The first-order chi connectivity index (χ1) is 8.80. The smallest absolute Gasteiger partial charge is 0.142 e. The van der Waals surface area contributed by atoms with Crippen molar-refractivity contribution in [2.75, 3.05) is 18.0 Å². The molecule has 0 aliphatic rings. The van der Waals surface area contributed by atoms with E-state index in [9.17, 15) is 0 Å². The highest BCUT2D eigenvalue weighted by Crippen LogP contribution is 2.24. The molecule has 0 atom stereocenters. The lowest BCUT2D eigenvalue weighted by molar-refractivity contribution is 0.422. The Morgan fingerprint density at radius 2 is 1.89 bits per heavy atom. The summed E-state index contributed by atoms with van der Waals surface area (Å²) in [5, 5.41) is 12.8. The Bertz CT molecular complexity index is 547. The van der Waals surface area contributed by atoms with Crippen LogP contribution >= 0.6 is 0 Å². The Morgan fingerprint density at radius 1 is 1.22 bits per heavy atom. The molecule has 2 rings (SSSR count). The van der Waals surface area contributed by atoms with Gasteiger partial charge in [0.2, 0.25) is 0 Å². The predicted molar refractivity (Wildman–Crippen MR) is 70.2 cm³/mol. The molecule has 18 heavy (non-hydrogen) atoms. The number of benzene rings is 1. The molecule has 0 saturated carbocycles. The quantitative estimate of drug-likeness (QED) is 0.825. The molecule has 92 valence electrons. The van der Waals surface area contributed by atoms with E-state index in [0.29, 0.717) is 11.3 Å². The molecule has 0 unspecified atom stereocenters. The molecule has 4 heteroatoms.